The Labute approximate surface area is 121 Å². The van der Waals surface area contributed by atoms with Crippen LogP contribution in [0.15, 0.2) is 0 Å². The van der Waals surface area contributed by atoms with Gasteiger partial charge in [0.1, 0.15) is 0 Å². The molecule has 2 atom stereocenters. The maximum Gasteiger partial charge on any atom is 0.303 e. The normalized spacial score (nSPS) is 33.8. The first-order valence-corrected chi connectivity index (χ1v) is 8.27. The van der Waals surface area contributed by atoms with Crippen LogP contribution in [0.5, 0.6) is 0 Å². The van der Waals surface area contributed by atoms with Gasteiger partial charge in [0.15, 0.2) is 0 Å². The Bertz CT molecular complexity index is 354. The number of aliphatic carboxylic acids is 1. The molecule has 0 aromatic rings. The van der Waals surface area contributed by atoms with Crippen LogP contribution in [0.3, 0.4) is 0 Å². The summed E-state index contributed by atoms with van der Waals surface area (Å²) in [6, 6.07) is 0.677. The van der Waals surface area contributed by atoms with E-state index in [2.05, 4.69) is 4.90 Å². The van der Waals surface area contributed by atoms with Crippen molar-refractivity contribution < 1.29 is 14.6 Å². The number of ether oxygens (including phenoxy) is 1. The lowest BCUT2D eigenvalue weighted by atomic mass is 9.73. The number of carboxylic acids is 1. The standard InChI is InChI=1S/C16H27NO3/c18-15(19)5-4-13-3-1-9-17(12-13)14-6-10-20-16(11-14)7-2-8-16/h13-14H,1-12H2,(H,18,19). The fourth-order valence-corrected chi connectivity index (χ4v) is 4.23. The average molecular weight is 281 g/mol. The Balaban J connectivity index is 1.52. The van der Waals surface area contributed by atoms with Gasteiger partial charge in [-0.3, -0.25) is 9.69 Å². The third kappa shape index (κ3) is 3.17. The second kappa shape index (κ2) is 6.02. The average Bonchev–Trinajstić information content (AvgIpc) is 2.44. The van der Waals surface area contributed by atoms with Gasteiger partial charge in [-0.05, 0) is 63.8 Å². The monoisotopic (exact) mass is 281 g/mol. The van der Waals surface area contributed by atoms with Gasteiger partial charge >= 0.3 is 5.97 Å². The number of hydrogen-bond acceptors (Lipinski definition) is 3. The van der Waals surface area contributed by atoms with Crippen molar-refractivity contribution in [1.29, 1.82) is 0 Å². The Hall–Kier alpha value is -0.610. The van der Waals surface area contributed by atoms with Crippen LogP contribution in [-0.4, -0.2) is 47.3 Å². The summed E-state index contributed by atoms with van der Waals surface area (Å²) in [6.45, 7) is 3.22. The van der Waals surface area contributed by atoms with E-state index in [1.165, 1.54) is 45.1 Å². The van der Waals surface area contributed by atoms with Crippen LogP contribution in [0, 0.1) is 5.92 Å². The van der Waals surface area contributed by atoms with E-state index in [0.29, 0.717) is 18.4 Å². The lowest BCUT2D eigenvalue weighted by Gasteiger charge is -2.50. The van der Waals surface area contributed by atoms with Crippen LogP contribution in [0.2, 0.25) is 0 Å². The van der Waals surface area contributed by atoms with Crippen LogP contribution in [-0.2, 0) is 9.53 Å². The highest BCUT2D eigenvalue weighted by Crippen LogP contribution is 2.43. The molecule has 0 amide bonds. The molecule has 0 bridgehead atoms. The predicted octanol–water partition coefficient (Wildman–Crippen LogP) is 2.66. The zero-order valence-corrected chi connectivity index (χ0v) is 12.4. The molecule has 4 heteroatoms. The first kappa shape index (κ1) is 14.3. The number of likely N-dealkylation sites (tertiary alicyclic amines) is 1. The molecule has 114 valence electrons. The SMILES string of the molecule is O=C(O)CCC1CCCN(C2CCOC3(CCC3)C2)C1. The highest BCUT2D eigenvalue weighted by atomic mass is 16.5. The minimum Gasteiger partial charge on any atom is -0.481 e. The van der Waals surface area contributed by atoms with Gasteiger partial charge in [0.05, 0.1) is 5.60 Å². The van der Waals surface area contributed by atoms with Crippen molar-refractivity contribution in [2.24, 2.45) is 5.92 Å². The number of hydrogen-bond donors (Lipinski definition) is 1. The molecule has 0 radical (unpaired) electrons. The molecule has 3 rings (SSSR count). The summed E-state index contributed by atoms with van der Waals surface area (Å²) in [4.78, 5) is 13.4. The second-order valence-electron chi connectivity index (χ2n) is 6.97. The van der Waals surface area contributed by atoms with Crippen LogP contribution in [0.1, 0.15) is 57.8 Å². The molecule has 1 N–H and O–H groups in total. The summed E-state index contributed by atoms with van der Waals surface area (Å²) >= 11 is 0. The van der Waals surface area contributed by atoms with Gasteiger partial charge in [-0.1, -0.05) is 0 Å². The van der Waals surface area contributed by atoms with Crippen LogP contribution in [0.4, 0.5) is 0 Å². The topological polar surface area (TPSA) is 49.8 Å². The molecule has 0 aromatic carbocycles. The third-order valence-corrected chi connectivity index (χ3v) is 5.56. The molecule has 2 aliphatic heterocycles. The van der Waals surface area contributed by atoms with Crippen molar-refractivity contribution in [2.75, 3.05) is 19.7 Å². The van der Waals surface area contributed by atoms with Gasteiger partial charge in [-0.25, -0.2) is 0 Å². The van der Waals surface area contributed by atoms with Crippen LogP contribution >= 0.6 is 0 Å². The molecule has 1 saturated carbocycles. The minimum absolute atomic E-state index is 0.219. The van der Waals surface area contributed by atoms with Gasteiger partial charge < -0.3 is 9.84 Å². The quantitative estimate of drug-likeness (QED) is 0.860. The van der Waals surface area contributed by atoms with Crippen molar-refractivity contribution in [3.63, 3.8) is 0 Å². The van der Waals surface area contributed by atoms with Crippen molar-refractivity contribution >= 4 is 5.97 Å². The highest BCUT2D eigenvalue weighted by molar-refractivity contribution is 5.66. The largest absolute Gasteiger partial charge is 0.481 e. The summed E-state index contributed by atoms with van der Waals surface area (Å²) in [6.07, 6.45) is 9.81. The summed E-state index contributed by atoms with van der Waals surface area (Å²) < 4.78 is 6.02. The molecule has 1 aliphatic carbocycles. The fourth-order valence-electron chi connectivity index (χ4n) is 4.23. The molecule has 4 nitrogen and oxygen atoms in total. The Morgan fingerprint density at radius 3 is 2.85 bits per heavy atom. The maximum absolute atomic E-state index is 10.7. The number of carboxylic acid groups (broad SMARTS) is 1. The molecule has 1 spiro atoms. The maximum atomic E-state index is 10.7. The van der Waals surface area contributed by atoms with E-state index in [-0.39, 0.29) is 5.60 Å². The molecular weight excluding hydrogens is 254 g/mol. The predicted molar refractivity (Wildman–Crippen MR) is 76.7 cm³/mol. The third-order valence-electron chi connectivity index (χ3n) is 5.56. The Kier molecular flexibility index (Phi) is 4.32. The molecular formula is C16H27NO3. The zero-order chi connectivity index (χ0) is 14.0. The van der Waals surface area contributed by atoms with E-state index < -0.39 is 5.97 Å². The van der Waals surface area contributed by atoms with E-state index in [4.69, 9.17) is 9.84 Å². The van der Waals surface area contributed by atoms with Crippen molar-refractivity contribution in [3.8, 4) is 0 Å². The van der Waals surface area contributed by atoms with Gasteiger partial charge in [0.2, 0.25) is 0 Å². The number of carbonyl (C=O) groups is 1. The number of nitrogens with zero attached hydrogens (tertiary/aromatic N) is 1. The molecule has 3 fully saturated rings. The molecule has 0 aromatic heterocycles. The van der Waals surface area contributed by atoms with E-state index in [1.54, 1.807) is 0 Å². The summed E-state index contributed by atoms with van der Waals surface area (Å²) in [5, 5.41) is 8.84. The summed E-state index contributed by atoms with van der Waals surface area (Å²) in [5.74, 6) is -0.0679. The van der Waals surface area contributed by atoms with Crippen LogP contribution < -0.4 is 0 Å². The Morgan fingerprint density at radius 1 is 1.30 bits per heavy atom. The highest BCUT2D eigenvalue weighted by Gasteiger charge is 2.44. The summed E-state index contributed by atoms with van der Waals surface area (Å²) in [5.41, 5.74) is 0.219. The van der Waals surface area contributed by atoms with Gasteiger partial charge in [-0.15, -0.1) is 0 Å². The van der Waals surface area contributed by atoms with Crippen LogP contribution in [0.25, 0.3) is 0 Å². The fraction of sp³-hybridized carbons (Fsp3) is 0.938. The Morgan fingerprint density at radius 2 is 2.15 bits per heavy atom. The lowest BCUT2D eigenvalue weighted by Crippen LogP contribution is -2.53. The molecule has 3 aliphatic rings. The van der Waals surface area contributed by atoms with Crippen molar-refractivity contribution in [1.82, 2.24) is 4.90 Å². The number of piperidine rings is 1. The lowest BCUT2D eigenvalue weighted by molar-refractivity contribution is -0.151. The van der Waals surface area contributed by atoms with E-state index in [0.717, 1.165) is 26.0 Å². The molecule has 2 saturated heterocycles. The summed E-state index contributed by atoms with van der Waals surface area (Å²) in [7, 11) is 0. The molecule has 2 unspecified atom stereocenters. The second-order valence-corrected chi connectivity index (χ2v) is 6.97. The smallest absolute Gasteiger partial charge is 0.303 e. The molecule has 20 heavy (non-hydrogen) atoms. The van der Waals surface area contributed by atoms with Crippen molar-refractivity contribution in [2.45, 2.75) is 69.4 Å². The number of rotatable bonds is 4. The van der Waals surface area contributed by atoms with Crippen molar-refractivity contribution in [3.05, 3.63) is 0 Å². The first-order chi connectivity index (χ1) is 9.67. The van der Waals surface area contributed by atoms with Gasteiger partial charge in [-0.2, -0.15) is 0 Å². The van der Waals surface area contributed by atoms with E-state index >= 15 is 0 Å². The zero-order valence-electron chi connectivity index (χ0n) is 12.4. The van der Waals surface area contributed by atoms with E-state index in [9.17, 15) is 4.79 Å². The van der Waals surface area contributed by atoms with E-state index in [1.807, 2.05) is 0 Å². The molecule has 2 heterocycles. The first-order valence-electron chi connectivity index (χ1n) is 8.27. The minimum atomic E-state index is -0.651. The van der Waals surface area contributed by atoms with Gasteiger partial charge in [0.25, 0.3) is 0 Å². The van der Waals surface area contributed by atoms with Gasteiger partial charge in [0, 0.05) is 25.6 Å².